The van der Waals surface area contributed by atoms with E-state index in [0.717, 1.165) is 5.69 Å². The SMILES string of the molecule is COc1ccc(OC)c(Nc2cc(Cl)nc3ncnn23)c1. The Morgan fingerprint density at radius 2 is 2.05 bits per heavy atom. The number of ether oxygens (including phenoxy) is 2. The number of rotatable bonds is 4. The lowest BCUT2D eigenvalue weighted by atomic mass is 10.2. The fourth-order valence-electron chi connectivity index (χ4n) is 1.92. The molecule has 0 saturated carbocycles. The van der Waals surface area contributed by atoms with Crippen molar-refractivity contribution in [2.75, 3.05) is 19.5 Å². The number of nitrogens with one attached hydrogen (secondary N) is 1. The van der Waals surface area contributed by atoms with Gasteiger partial charge in [0.15, 0.2) is 0 Å². The number of aromatic nitrogens is 4. The first-order valence-corrected chi connectivity index (χ1v) is 6.44. The molecule has 3 rings (SSSR count). The monoisotopic (exact) mass is 305 g/mol. The second kappa shape index (κ2) is 5.45. The van der Waals surface area contributed by atoms with Crippen molar-refractivity contribution >= 4 is 28.9 Å². The zero-order valence-electron chi connectivity index (χ0n) is 11.4. The van der Waals surface area contributed by atoms with Crippen LogP contribution < -0.4 is 14.8 Å². The third kappa shape index (κ3) is 2.55. The first-order chi connectivity index (χ1) is 10.2. The molecule has 0 amide bonds. The summed E-state index contributed by atoms with van der Waals surface area (Å²) in [5.41, 5.74) is 0.718. The lowest BCUT2D eigenvalue weighted by Gasteiger charge is -2.13. The fraction of sp³-hybridized carbons (Fsp3) is 0.154. The quantitative estimate of drug-likeness (QED) is 0.747. The first kappa shape index (κ1) is 13.4. The summed E-state index contributed by atoms with van der Waals surface area (Å²) in [5.74, 6) is 2.39. The summed E-state index contributed by atoms with van der Waals surface area (Å²) >= 11 is 5.99. The van der Waals surface area contributed by atoms with Crippen molar-refractivity contribution in [3.05, 3.63) is 35.7 Å². The number of anilines is 2. The molecule has 2 aromatic heterocycles. The Labute approximate surface area is 125 Å². The minimum atomic E-state index is 0.319. The van der Waals surface area contributed by atoms with Gasteiger partial charge in [-0.3, -0.25) is 0 Å². The first-order valence-electron chi connectivity index (χ1n) is 6.06. The summed E-state index contributed by atoms with van der Waals surface area (Å²) in [5, 5.41) is 7.62. The van der Waals surface area contributed by atoms with E-state index in [-0.39, 0.29) is 0 Å². The molecule has 1 N–H and O–H groups in total. The molecule has 0 aliphatic carbocycles. The second-order valence-corrected chi connectivity index (χ2v) is 4.51. The van der Waals surface area contributed by atoms with Crippen molar-refractivity contribution in [1.82, 2.24) is 19.6 Å². The van der Waals surface area contributed by atoms with Crippen LogP contribution in [0.5, 0.6) is 11.5 Å². The van der Waals surface area contributed by atoms with E-state index in [1.807, 2.05) is 18.2 Å². The van der Waals surface area contributed by atoms with Crippen LogP contribution in [0.2, 0.25) is 5.15 Å². The molecule has 0 unspecified atom stereocenters. The summed E-state index contributed by atoms with van der Waals surface area (Å²) < 4.78 is 12.1. The van der Waals surface area contributed by atoms with Gasteiger partial charge in [0.25, 0.3) is 5.78 Å². The molecule has 0 aliphatic rings. The zero-order valence-corrected chi connectivity index (χ0v) is 12.1. The standard InChI is InChI=1S/C13H12ClN5O2/c1-20-8-3-4-10(21-2)9(5-8)17-12-6-11(14)18-13-15-7-16-19(12)13/h3-7,17H,1-2H3. The van der Waals surface area contributed by atoms with Crippen LogP contribution in [-0.2, 0) is 0 Å². The smallest absolute Gasteiger partial charge is 0.255 e. The molecule has 2 heterocycles. The van der Waals surface area contributed by atoms with Gasteiger partial charge in [-0.25, -0.2) is 0 Å². The van der Waals surface area contributed by atoms with Gasteiger partial charge >= 0.3 is 0 Å². The molecule has 0 spiro atoms. The number of benzene rings is 1. The molecular formula is C13H12ClN5O2. The highest BCUT2D eigenvalue weighted by Crippen LogP contribution is 2.31. The maximum absolute atomic E-state index is 5.99. The predicted octanol–water partition coefficient (Wildman–Crippen LogP) is 2.54. The van der Waals surface area contributed by atoms with Crippen molar-refractivity contribution in [3.63, 3.8) is 0 Å². The van der Waals surface area contributed by atoms with Crippen molar-refractivity contribution < 1.29 is 9.47 Å². The summed E-state index contributed by atoms with van der Waals surface area (Å²) in [7, 11) is 3.20. The molecule has 108 valence electrons. The van der Waals surface area contributed by atoms with Gasteiger partial charge in [-0.05, 0) is 12.1 Å². The van der Waals surface area contributed by atoms with Gasteiger partial charge in [-0.2, -0.15) is 19.6 Å². The summed E-state index contributed by atoms with van der Waals surface area (Å²) in [4.78, 5) is 8.09. The highest BCUT2D eigenvalue weighted by Gasteiger charge is 2.10. The van der Waals surface area contributed by atoms with Gasteiger partial charge in [-0.1, -0.05) is 11.6 Å². The maximum Gasteiger partial charge on any atom is 0.255 e. The molecule has 0 bridgehead atoms. The molecular weight excluding hydrogens is 294 g/mol. The predicted molar refractivity (Wildman–Crippen MR) is 78.6 cm³/mol. The topological polar surface area (TPSA) is 73.6 Å². The van der Waals surface area contributed by atoms with Crippen LogP contribution in [0.25, 0.3) is 5.78 Å². The van der Waals surface area contributed by atoms with Crippen LogP contribution in [0.4, 0.5) is 11.5 Å². The summed E-state index contributed by atoms with van der Waals surface area (Å²) in [6.07, 6.45) is 1.41. The average molecular weight is 306 g/mol. The second-order valence-electron chi connectivity index (χ2n) is 4.13. The van der Waals surface area contributed by atoms with Gasteiger partial charge in [0.1, 0.15) is 28.8 Å². The Hall–Kier alpha value is -2.54. The number of fused-ring (bicyclic) bond motifs is 1. The molecule has 0 radical (unpaired) electrons. The van der Waals surface area contributed by atoms with Crippen molar-refractivity contribution in [3.8, 4) is 11.5 Å². The lowest BCUT2D eigenvalue weighted by molar-refractivity contribution is 0.405. The van der Waals surface area contributed by atoms with Crippen molar-refractivity contribution in [2.45, 2.75) is 0 Å². The Bertz CT molecular complexity index is 789. The van der Waals surface area contributed by atoms with Crippen LogP contribution in [0.1, 0.15) is 0 Å². The van der Waals surface area contributed by atoms with E-state index in [2.05, 4.69) is 20.4 Å². The van der Waals surface area contributed by atoms with E-state index in [0.29, 0.717) is 28.2 Å². The van der Waals surface area contributed by atoms with Crippen molar-refractivity contribution in [1.29, 1.82) is 0 Å². The average Bonchev–Trinajstić information content (AvgIpc) is 2.95. The Morgan fingerprint density at radius 3 is 2.81 bits per heavy atom. The van der Waals surface area contributed by atoms with Crippen LogP contribution in [0, 0.1) is 0 Å². The van der Waals surface area contributed by atoms with Gasteiger partial charge in [-0.15, -0.1) is 0 Å². The number of nitrogens with zero attached hydrogens (tertiary/aromatic N) is 4. The molecule has 0 aliphatic heterocycles. The van der Waals surface area contributed by atoms with Gasteiger partial charge in [0.2, 0.25) is 0 Å². The lowest BCUT2D eigenvalue weighted by Crippen LogP contribution is -2.03. The van der Waals surface area contributed by atoms with E-state index < -0.39 is 0 Å². The van der Waals surface area contributed by atoms with Crippen LogP contribution in [0.3, 0.4) is 0 Å². The maximum atomic E-state index is 5.99. The van der Waals surface area contributed by atoms with Crippen molar-refractivity contribution in [2.24, 2.45) is 0 Å². The Balaban J connectivity index is 2.07. The molecule has 0 fully saturated rings. The molecule has 8 heteroatoms. The number of hydrogen-bond donors (Lipinski definition) is 1. The van der Waals surface area contributed by atoms with E-state index in [1.54, 1.807) is 24.8 Å². The van der Waals surface area contributed by atoms with Gasteiger partial charge in [0, 0.05) is 12.1 Å². The van der Waals surface area contributed by atoms with Crippen LogP contribution in [-0.4, -0.2) is 33.8 Å². The van der Waals surface area contributed by atoms with E-state index in [1.165, 1.54) is 6.33 Å². The third-order valence-corrected chi connectivity index (χ3v) is 3.08. The summed E-state index contributed by atoms with van der Waals surface area (Å²) in [6, 6.07) is 7.09. The molecule has 21 heavy (non-hydrogen) atoms. The van der Waals surface area contributed by atoms with Gasteiger partial charge < -0.3 is 14.8 Å². The largest absolute Gasteiger partial charge is 0.497 e. The third-order valence-electron chi connectivity index (χ3n) is 2.89. The summed E-state index contributed by atoms with van der Waals surface area (Å²) in [6.45, 7) is 0. The minimum absolute atomic E-state index is 0.319. The fourth-order valence-corrected chi connectivity index (χ4v) is 2.10. The molecule has 1 aromatic carbocycles. The van der Waals surface area contributed by atoms with Crippen LogP contribution >= 0.6 is 11.6 Å². The number of halogens is 1. The number of hydrogen-bond acceptors (Lipinski definition) is 6. The van der Waals surface area contributed by atoms with E-state index in [9.17, 15) is 0 Å². The number of methoxy groups -OCH3 is 2. The van der Waals surface area contributed by atoms with E-state index in [4.69, 9.17) is 21.1 Å². The minimum Gasteiger partial charge on any atom is -0.497 e. The van der Waals surface area contributed by atoms with Crippen LogP contribution in [0.15, 0.2) is 30.6 Å². The Morgan fingerprint density at radius 1 is 1.19 bits per heavy atom. The normalized spacial score (nSPS) is 10.6. The molecule has 0 atom stereocenters. The molecule has 0 saturated heterocycles. The zero-order chi connectivity index (χ0) is 14.8. The highest BCUT2D eigenvalue weighted by atomic mass is 35.5. The van der Waals surface area contributed by atoms with E-state index >= 15 is 0 Å². The Kier molecular flexibility index (Phi) is 3.49. The molecule has 3 aromatic rings. The van der Waals surface area contributed by atoms with Gasteiger partial charge in [0.05, 0.1) is 19.9 Å². The molecule has 7 nitrogen and oxygen atoms in total. The highest BCUT2D eigenvalue weighted by molar-refractivity contribution is 6.29.